The molecule has 7 atom stereocenters. The fraction of sp³-hybridized carbons (Fsp3) is 0.564. The average Bonchev–Trinajstić information content (AvgIpc) is 3.60. The summed E-state index contributed by atoms with van der Waals surface area (Å²) < 4.78 is 0. The molecule has 15 heteroatoms. The zero-order chi connectivity index (χ0) is 40.1. The van der Waals surface area contributed by atoms with E-state index in [1.54, 1.807) is 65.0 Å². The number of carbonyl (C=O) groups is 7. The zero-order valence-electron chi connectivity index (χ0n) is 32.2. The first-order valence-electron chi connectivity index (χ1n) is 18.7. The fourth-order valence-electron chi connectivity index (χ4n) is 6.65. The summed E-state index contributed by atoms with van der Waals surface area (Å²) in [7, 11) is 0. The summed E-state index contributed by atoms with van der Waals surface area (Å²) in [6.07, 6.45) is 5.74. The highest BCUT2D eigenvalue weighted by molar-refractivity contribution is 6.38. The van der Waals surface area contributed by atoms with Crippen LogP contribution in [0, 0.1) is 23.7 Å². The maximum absolute atomic E-state index is 14.4. The highest BCUT2D eigenvalue weighted by Crippen LogP contribution is 2.34. The minimum atomic E-state index is -1.38. The molecule has 5 N–H and O–H groups in total. The number of Topliss-reactive ketones (excluding diaryl/α,β-unsaturated/α-hetero) is 1. The molecule has 294 valence electrons. The number of ketones is 1. The van der Waals surface area contributed by atoms with Crippen molar-refractivity contribution in [1.82, 2.24) is 36.1 Å². The summed E-state index contributed by atoms with van der Waals surface area (Å²) in [4.78, 5) is 103. The third-order valence-corrected chi connectivity index (χ3v) is 9.95. The van der Waals surface area contributed by atoms with E-state index in [-0.39, 0.29) is 42.8 Å². The van der Waals surface area contributed by atoms with Crippen LogP contribution in [0.5, 0.6) is 0 Å². The first-order valence-corrected chi connectivity index (χ1v) is 18.7. The van der Waals surface area contributed by atoms with Gasteiger partial charge in [-0.15, -0.1) is 0 Å². The highest BCUT2D eigenvalue weighted by atomic mass is 16.4. The van der Waals surface area contributed by atoms with Gasteiger partial charge >= 0.3 is 5.97 Å². The van der Waals surface area contributed by atoms with Crippen LogP contribution in [0.15, 0.2) is 48.9 Å². The van der Waals surface area contributed by atoms with Crippen molar-refractivity contribution in [2.24, 2.45) is 23.7 Å². The lowest BCUT2D eigenvalue weighted by atomic mass is 9.85. The summed E-state index contributed by atoms with van der Waals surface area (Å²) >= 11 is 0. The van der Waals surface area contributed by atoms with Gasteiger partial charge in [0.05, 0.1) is 12.2 Å². The van der Waals surface area contributed by atoms with E-state index in [4.69, 9.17) is 0 Å². The van der Waals surface area contributed by atoms with Gasteiger partial charge in [0.15, 0.2) is 0 Å². The number of aliphatic carboxylic acids is 1. The molecule has 2 unspecified atom stereocenters. The van der Waals surface area contributed by atoms with E-state index in [9.17, 15) is 38.7 Å². The van der Waals surface area contributed by atoms with Crippen LogP contribution in [0.2, 0.25) is 0 Å². The monoisotopic (exact) mass is 749 g/mol. The van der Waals surface area contributed by atoms with Crippen LogP contribution in [0.4, 0.5) is 0 Å². The SMILES string of the molecule is CCCC(NC(=O)[C@@H]1[C@@H](C(C)CC)CCN1C(=O)[C@@H](NC(=O)[C@@H](NC(=O)c1cnccn1)C(C)C)C(C)C)C(=O)C(=O)N[C@@H](Cc1ccccc1)C(=O)O. The maximum Gasteiger partial charge on any atom is 0.326 e. The van der Waals surface area contributed by atoms with Gasteiger partial charge in [0.25, 0.3) is 11.8 Å². The molecule has 15 nitrogen and oxygen atoms in total. The Morgan fingerprint density at radius 3 is 2.07 bits per heavy atom. The summed E-state index contributed by atoms with van der Waals surface area (Å²) in [6, 6.07) is 2.94. The fourth-order valence-corrected chi connectivity index (χ4v) is 6.65. The van der Waals surface area contributed by atoms with Crippen LogP contribution in [0.25, 0.3) is 0 Å². The smallest absolute Gasteiger partial charge is 0.326 e. The van der Waals surface area contributed by atoms with E-state index in [1.165, 1.54) is 23.5 Å². The van der Waals surface area contributed by atoms with Crippen molar-refractivity contribution in [3.05, 3.63) is 60.2 Å². The number of nitrogens with one attached hydrogen (secondary N) is 4. The Kier molecular flexibility index (Phi) is 16.2. The molecule has 54 heavy (non-hydrogen) atoms. The van der Waals surface area contributed by atoms with Crippen LogP contribution in [-0.2, 0) is 35.2 Å². The summed E-state index contributed by atoms with van der Waals surface area (Å²) in [6.45, 7) is 13.0. The molecular formula is C39H55N7O8. The van der Waals surface area contributed by atoms with E-state index in [2.05, 4.69) is 31.2 Å². The molecule has 0 aliphatic carbocycles. The topological polar surface area (TPSA) is 217 Å². The number of amides is 5. The number of benzene rings is 1. The molecular weight excluding hydrogens is 694 g/mol. The van der Waals surface area contributed by atoms with Crippen molar-refractivity contribution in [3.8, 4) is 0 Å². The van der Waals surface area contributed by atoms with Gasteiger partial charge < -0.3 is 31.3 Å². The molecule has 2 aromatic rings. The lowest BCUT2D eigenvalue weighted by molar-refractivity contribution is -0.146. The molecule has 1 aliphatic heterocycles. The van der Waals surface area contributed by atoms with E-state index in [0.717, 1.165) is 0 Å². The molecule has 0 saturated carbocycles. The van der Waals surface area contributed by atoms with Crippen molar-refractivity contribution < 1.29 is 38.7 Å². The number of hydrogen-bond acceptors (Lipinski definition) is 9. The molecule has 0 bridgehead atoms. The number of nitrogens with zero attached hydrogens (tertiary/aromatic N) is 3. The summed E-state index contributed by atoms with van der Waals surface area (Å²) in [5.41, 5.74) is 0.682. The first kappa shape index (κ1) is 43.2. The Morgan fingerprint density at radius 2 is 1.52 bits per heavy atom. The third kappa shape index (κ3) is 11.4. The molecule has 3 rings (SSSR count). The lowest BCUT2D eigenvalue weighted by Crippen LogP contribution is -2.61. The number of carboxylic acid groups (broad SMARTS) is 1. The average molecular weight is 750 g/mol. The van der Waals surface area contributed by atoms with Crippen molar-refractivity contribution in [2.45, 2.75) is 111 Å². The minimum absolute atomic E-state index is 0.00481. The standard InChI is InChI=1S/C39H55N7O8/c1-8-13-27(33(47)37(51)43-28(39(53)54)20-25-14-11-10-12-15-25)42-36(50)32-26(24(7)9-2)16-19-46(32)38(52)31(23(5)6)45-35(49)30(22(3)4)44-34(48)29-21-40-17-18-41-29/h10-12,14-15,17-18,21-24,26-28,30-32H,8-9,13,16,19-20H2,1-7H3,(H,42,50)(H,43,51)(H,44,48)(H,45,49)(H,53,54)/t24?,26-,27?,28+,30+,31+,32+/m1/s1. The van der Waals surface area contributed by atoms with Crippen molar-refractivity contribution in [2.75, 3.05) is 6.54 Å². The Balaban J connectivity index is 1.83. The van der Waals surface area contributed by atoms with Gasteiger partial charge in [0, 0.05) is 25.4 Å². The lowest BCUT2D eigenvalue weighted by Gasteiger charge is -2.35. The molecule has 2 heterocycles. The van der Waals surface area contributed by atoms with Gasteiger partial charge in [-0.2, -0.15) is 0 Å². The van der Waals surface area contributed by atoms with Gasteiger partial charge in [-0.3, -0.25) is 33.8 Å². The highest BCUT2D eigenvalue weighted by Gasteiger charge is 2.47. The van der Waals surface area contributed by atoms with Gasteiger partial charge in [-0.25, -0.2) is 9.78 Å². The molecule has 1 aliphatic rings. The van der Waals surface area contributed by atoms with Crippen LogP contribution >= 0.6 is 0 Å². The Hall–Kier alpha value is -5.21. The van der Waals surface area contributed by atoms with Crippen LogP contribution in [0.1, 0.15) is 90.2 Å². The Labute approximate surface area is 316 Å². The van der Waals surface area contributed by atoms with Crippen LogP contribution in [-0.4, -0.2) is 98.0 Å². The van der Waals surface area contributed by atoms with Crippen molar-refractivity contribution >= 4 is 41.3 Å². The van der Waals surface area contributed by atoms with Crippen LogP contribution in [0.3, 0.4) is 0 Å². The quantitative estimate of drug-likeness (QED) is 0.132. The van der Waals surface area contributed by atoms with E-state index < -0.39 is 77.4 Å². The van der Waals surface area contributed by atoms with Crippen molar-refractivity contribution in [3.63, 3.8) is 0 Å². The van der Waals surface area contributed by atoms with Gasteiger partial charge in [0.1, 0.15) is 29.9 Å². The summed E-state index contributed by atoms with van der Waals surface area (Å²) in [5, 5.41) is 20.3. The van der Waals surface area contributed by atoms with Crippen LogP contribution < -0.4 is 21.3 Å². The predicted octanol–water partition coefficient (Wildman–Crippen LogP) is 2.30. The number of carbonyl (C=O) groups excluding carboxylic acids is 6. The normalized spacial score (nSPS) is 18.2. The number of rotatable bonds is 19. The second-order valence-corrected chi connectivity index (χ2v) is 14.6. The second kappa shape index (κ2) is 20.3. The molecule has 0 spiro atoms. The minimum Gasteiger partial charge on any atom is -0.480 e. The zero-order valence-corrected chi connectivity index (χ0v) is 32.2. The predicted molar refractivity (Wildman–Crippen MR) is 200 cm³/mol. The maximum atomic E-state index is 14.4. The number of hydrogen-bond donors (Lipinski definition) is 5. The molecule has 0 radical (unpaired) electrons. The number of aromatic nitrogens is 2. The molecule has 1 saturated heterocycles. The van der Waals surface area contributed by atoms with E-state index in [0.29, 0.717) is 24.8 Å². The third-order valence-electron chi connectivity index (χ3n) is 9.95. The van der Waals surface area contributed by atoms with E-state index >= 15 is 0 Å². The molecule has 1 fully saturated rings. The molecule has 1 aromatic heterocycles. The summed E-state index contributed by atoms with van der Waals surface area (Å²) in [5.74, 6) is -6.78. The number of carboxylic acids is 1. The van der Waals surface area contributed by atoms with Gasteiger partial charge in [-0.1, -0.05) is 91.6 Å². The van der Waals surface area contributed by atoms with Gasteiger partial charge in [-0.05, 0) is 42.1 Å². The largest absolute Gasteiger partial charge is 0.480 e. The van der Waals surface area contributed by atoms with Gasteiger partial charge in [0.2, 0.25) is 23.5 Å². The first-order chi connectivity index (χ1) is 25.6. The molecule has 1 aromatic carbocycles. The second-order valence-electron chi connectivity index (χ2n) is 14.6. The van der Waals surface area contributed by atoms with Crippen molar-refractivity contribution in [1.29, 1.82) is 0 Å². The Bertz CT molecular complexity index is 1620. The number of likely N-dealkylation sites (tertiary alicyclic amines) is 1. The van der Waals surface area contributed by atoms with E-state index in [1.807, 2.05) is 13.8 Å². The Morgan fingerprint density at radius 1 is 0.852 bits per heavy atom. The molecule has 5 amide bonds.